The van der Waals surface area contributed by atoms with E-state index in [9.17, 15) is 19.2 Å². The van der Waals surface area contributed by atoms with Gasteiger partial charge in [0.05, 0.1) is 22.7 Å². The number of nitrogens with zero attached hydrogens (tertiary/aromatic N) is 2. The second kappa shape index (κ2) is 17.6. The van der Waals surface area contributed by atoms with Gasteiger partial charge in [-0.3, -0.25) is 24.2 Å². The van der Waals surface area contributed by atoms with Crippen molar-refractivity contribution < 1.29 is 28.3 Å². The van der Waals surface area contributed by atoms with Crippen LogP contribution >= 0.6 is 0 Å². The molecule has 1 saturated heterocycles. The molecule has 2 aliphatic heterocycles. The molecule has 6 rings (SSSR count). The van der Waals surface area contributed by atoms with E-state index in [0.717, 1.165) is 21.3 Å². The molecule has 3 heterocycles. The maximum absolute atomic E-state index is 15.0. The summed E-state index contributed by atoms with van der Waals surface area (Å²) in [6, 6.07) is 26.8. The van der Waals surface area contributed by atoms with Gasteiger partial charge in [0.15, 0.2) is 0 Å². The van der Waals surface area contributed by atoms with E-state index in [0.29, 0.717) is 24.1 Å². The molecule has 3 amide bonds. The lowest BCUT2D eigenvalue weighted by Gasteiger charge is -2.46. The molecule has 12 heteroatoms. The summed E-state index contributed by atoms with van der Waals surface area (Å²) in [6.07, 6.45) is 3.09. The second-order valence-corrected chi connectivity index (χ2v) is 22.1. The molecule has 0 saturated carbocycles. The lowest BCUT2D eigenvalue weighted by Crippen LogP contribution is -2.70. The molecular weight excluding hydrogens is 759 g/mol. The highest BCUT2D eigenvalue weighted by molar-refractivity contribution is 6.99. The zero-order valence-corrected chi connectivity index (χ0v) is 36.7. The number of hydrazine groups is 1. The standard InChI is InChI=1S/C47H59N5O6Si/c1-30(2)40-42(53)49-41(32(4)58-59(46(5,6)7,35-17-12-10-13-18-35)36-19-14-11-15-20-36)43(54)52-28-16-21-38(51-52)44(55)57-31(3)37-25-24-34-23-22-33(29-39(34)48-37)26-27-47(8,9)45(56)50-40/h10-15,17-20,22-27,29-32,38,40-41,51H,16,21,28H2,1-9H3,(H,49,53)(H,50,56)/b27-26+/t31-,32-,38+,40+,41+/m1/s1. The number of hydrogen-bond acceptors (Lipinski definition) is 8. The topological polar surface area (TPSA) is 139 Å². The molecule has 0 aliphatic carbocycles. The van der Waals surface area contributed by atoms with Crippen LogP contribution in [-0.4, -0.2) is 72.8 Å². The first-order chi connectivity index (χ1) is 27.9. The molecule has 0 unspecified atom stereocenters. The molecule has 1 fully saturated rings. The third kappa shape index (κ3) is 9.35. The molecule has 4 aromatic rings. The summed E-state index contributed by atoms with van der Waals surface area (Å²) in [7, 11) is -3.23. The van der Waals surface area contributed by atoms with E-state index in [2.05, 4.69) is 61.1 Å². The Balaban J connectivity index is 1.43. The summed E-state index contributed by atoms with van der Waals surface area (Å²) in [5.41, 5.74) is 4.25. The van der Waals surface area contributed by atoms with Gasteiger partial charge in [-0.05, 0) is 79.6 Å². The summed E-state index contributed by atoms with van der Waals surface area (Å²) in [5.74, 6) is -2.18. The van der Waals surface area contributed by atoms with Gasteiger partial charge in [0.2, 0.25) is 11.8 Å². The van der Waals surface area contributed by atoms with Gasteiger partial charge in [-0.2, -0.15) is 0 Å². The van der Waals surface area contributed by atoms with E-state index in [1.807, 2.05) is 93.6 Å². The second-order valence-electron chi connectivity index (χ2n) is 17.8. The van der Waals surface area contributed by atoms with E-state index in [4.69, 9.17) is 14.1 Å². The van der Waals surface area contributed by atoms with Crippen LogP contribution in [0.2, 0.25) is 5.04 Å². The molecule has 5 bridgehead atoms. The Morgan fingerprint density at radius 2 is 1.49 bits per heavy atom. The Morgan fingerprint density at radius 1 is 0.864 bits per heavy atom. The summed E-state index contributed by atoms with van der Waals surface area (Å²) in [6.45, 7) is 17.6. The van der Waals surface area contributed by atoms with Crippen LogP contribution in [0, 0.1) is 11.3 Å². The number of amides is 3. The first-order valence-electron chi connectivity index (χ1n) is 20.7. The van der Waals surface area contributed by atoms with Gasteiger partial charge in [0, 0.05) is 11.9 Å². The molecule has 2 aliphatic rings. The molecule has 312 valence electrons. The number of fused-ring (bicyclic) bond motifs is 4. The highest BCUT2D eigenvalue weighted by Crippen LogP contribution is 2.38. The fourth-order valence-corrected chi connectivity index (χ4v) is 12.7. The fourth-order valence-electron chi connectivity index (χ4n) is 7.98. The van der Waals surface area contributed by atoms with Gasteiger partial charge in [0.1, 0.15) is 24.2 Å². The Bertz CT molecular complexity index is 2150. The van der Waals surface area contributed by atoms with Crippen molar-refractivity contribution in [2.75, 3.05) is 6.54 Å². The number of cyclic esters (lactones) is 1. The first-order valence-corrected chi connectivity index (χ1v) is 22.6. The minimum atomic E-state index is -3.23. The highest BCUT2D eigenvalue weighted by Gasteiger charge is 2.53. The minimum Gasteiger partial charge on any atom is -0.455 e. The average molecular weight is 818 g/mol. The molecule has 0 spiro atoms. The predicted molar refractivity (Wildman–Crippen MR) is 234 cm³/mol. The van der Waals surface area contributed by atoms with Crippen molar-refractivity contribution in [3.63, 3.8) is 0 Å². The first kappa shape index (κ1) is 43.4. The molecule has 5 atom stereocenters. The number of carbonyl (C=O) groups is 4. The van der Waals surface area contributed by atoms with Gasteiger partial charge in [-0.1, -0.05) is 126 Å². The van der Waals surface area contributed by atoms with Gasteiger partial charge in [-0.15, -0.1) is 0 Å². The minimum absolute atomic E-state index is 0.288. The smallest absolute Gasteiger partial charge is 0.325 e. The molecule has 11 nitrogen and oxygen atoms in total. The summed E-state index contributed by atoms with van der Waals surface area (Å²) < 4.78 is 13.4. The van der Waals surface area contributed by atoms with Crippen molar-refractivity contribution in [1.82, 2.24) is 26.1 Å². The maximum atomic E-state index is 15.0. The number of benzene rings is 3. The monoisotopic (exact) mass is 817 g/mol. The Labute approximate surface area is 349 Å². The molecule has 0 radical (unpaired) electrons. The van der Waals surface area contributed by atoms with Crippen LogP contribution in [0.4, 0.5) is 0 Å². The Kier molecular flexibility index (Phi) is 12.9. The van der Waals surface area contributed by atoms with Crippen molar-refractivity contribution in [3.8, 4) is 0 Å². The van der Waals surface area contributed by atoms with E-state index in [1.54, 1.807) is 26.8 Å². The van der Waals surface area contributed by atoms with E-state index in [1.165, 1.54) is 5.01 Å². The molecule has 1 aromatic heterocycles. The quantitative estimate of drug-likeness (QED) is 0.160. The van der Waals surface area contributed by atoms with Crippen molar-refractivity contribution in [1.29, 1.82) is 0 Å². The number of esters is 1. The highest BCUT2D eigenvalue weighted by atomic mass is 28.4. The lowest BCUT2D eigenvalue weighted by atomic mass is 9.89. The fraction of sp³-hybridized carbons (Fsp3) is 0.426. The molecule has 3 N–H and O–H groups in total. The summed E-state index contributed by atoms with van der Waals surface area (Å²) in [5, 5.41) is 9.99. The zero-order chi connectivity index (χ0) is 42.7. The number of ether oxygens (including phenoxy) is 1. The molecular formula is C47H59N5O6Si. The van der Waals surface area contributed by atoms with Crippen LogP contribution in [0.1, 0.15) is 92.5 Å². The lowest BCUT2D eigenvalue weighted by molar-refractivity contribution is -0.157. The number of carbonyl (C=O) groups excluding carboxylic acids is 4. The van der Waals surface area contributed by atoms with Crippen LogP contribution in [0.5, 0.6) is 0 Å². The SMILES string of the molecule is CC(C)[C@@H]1NC(=O)C(C)(C)/C=C/c2ccc3ccc(nc3c2)[C@@H](C)OC(=O)[C@@H]2CCCN(N2)C(=O)[C@H]([C@@H](C)O[Si](c2ccccc2)(c2ccccc2)C(C)(C)C)NC1=O. The van der Waals surface area contributed by atoms with Gasteiger partial charge in [-0.25, -0.2) is 10.4 Å². The third-order valence-corrected chi connectivity index (χ3v) is 16.6. The van der Waals surface area contributed by atoms with Gasteiger partial charge >= 0.3 is 5.97 Å². The zero-order valence-electron chi connectivity index (χ0n) is 35.7. The third-order valence-electron chi connectivity index (χ3n) is 11.5. The van der Waals surface area contributed by atoms with Crippen LogP contribution < -0.4 is 26.4 Å². The predicted octanol–water partition coefficient (Wildman–Crippen LogP) is 5.98. The van der Waals surface area contributed by atoms with Crippen molar-refractivity contribution in [2.45, 2.75) is 111 Å². The van der Waals surface area contributed by atoms with E-state index in [-0.39, 0.29) is 18.4 Å². The Hall–Kier alpha value is -5.17. The number of nitrogens with one attached hydrogen (secondary N) is 3. The number of pyridine rings is 1. The van der Waals surface area contributed by atoms with Crippen molar-refractivity contribution in [3.05, 3.63) is 108 Å². The normalized spacial score (nSPS) is 23.3. The van der Waals surface area contributed by atoms with Gasteiger partial charge < -0.3 is 19.8 Å². The average Bonchev–Trinajstić information content (AvgIpc) is 3.22. The largest absolute Gasteiger partial charge is 0.455 e. The van der Waals surface area contributed by atoms with E-state index < -0.39 is 66.9 Å². The van der Waals surface area contributed by atoms with Crippen molar-refractivity contribution >= 4 is 59.4 Å². The number of aromatic nitrogens is 1. The number of rotatable bonds is 6. The number of hydrogen-bond donors (Lipinski definition) is 3. The van der Waals surface area contributed by atoms with Crippen LogP contribution in [0.25, 0.3) is 17.0 Å². The van der Waals surface area contributed by atoms with Crippen LogP contribution in [0.15, 0.2) is 97.1 Å². The van der Waals surface area contributed by atoms with Crippen LogP contribution in [-0.2, 0) is 28.3 Å². The van der Waals surface area contributed by atoms with Crippen LogP contribution in [0.3, 0.4) is 0 Å². The summed E-state index contributed by atoms with van der Waals surface area (Å²) in [4.78, 5) is 62.2. The van der Waals surface area contributed by atoms with E-state index >= 15 is 0 Å². The Morgan fingerprint density at radius 3 is 2.10 bits per heavy atom. The molecule has 3 aromatic carbocycles. The molecule has 59 heavy (non-hydrogen) atoms. The van der Waals surface area contributed by atoms with Crippen molar-refractivity contribution in [2.24, 2.45) is 11.3 Å². The maximum Gasteiger partial charge on any atom is 0.325 e. The van der Waals surface area contributed by atoms with Gasteiger partial charge in [0.25, 0.3) is 14.2 Å². The summed E-state index contributed by atoms with van der Waals surface area (Å²) >= 11 is 0.